The highest BCUT2D eigenvalue weighted by Crippen LogP contribution is 2.24. The lowest BCUT2D eigenvalue weighted by molar-refractivity contribution is 0.0991. The monoisotopic (exact) mass is 675 g/mol. The van der Waals surface area contributed by atoms with Crippen molar-refractivity contribution in [2.24, 2.45) is 17.2 Å². The van der Waals surface area contributed by atoms with Gasteiger partial charge in [-0.3, -0.25) is 9.59 Å². The van der Waals surface area contributed by atoms with Crippen LogP contribution in [0.2, 0.25) is 0 Å². The molecule has 0 fully saturated rings. The second kappa shape index (κ2) is 15.5. The second-order valence-corrected chi connectivity index (χ2v) is 11.4. The Kier molecular flexibility index (Phi) is 10.7. The molecule has 3 aromatic carbocycles. The first kappa shape index (κ1) is 34.6. The molecule has 0 radical (unpaired) electrons. The number of fused-ring (bicyclic) bond motifs is 1. The Hall–Kier alpha value is -6.68. The van der Waals surface area contributed by atoms with Crippen LogP contribution in [0.4, 0.5) is 29.0 Å². The summed E-state index contributed by atoms with van der Waals surface area (Å²) in [5, 5.41) is 17.2. The predicted molar refractivity (Wildman–Crippen MR) is 191 cm³/mol. The van der Waals surface area contributed by atoms with Crippen LogP contribution in [-0.4, -0.2) is 60.0 Å². The van der Waals surface area contributed by atoms with Gasteiger partial charge in [0.1, 0.15) is 28.0 Å². The summed E-state index contributed by atoms with van der Waals surface area (Å²) in [5.41, 5.74) is 24.0. The molecule has 0 aliphatic heterocycles. The smallest absolute Gasteiger partial charge is 0.347 e. The average Bonchev–Trinajstić information content (AvgIpc) is 3.45. The van der Waals surface area contributed by atoms with Crippen LogP contribution in [0.5, 0.6) is 6.01 Å². The lowest BCUT2D eigenvalue weighted by atomic mass is 10.1. The summed E-state index contributed by atoms with van der Waals surface area (Å²) in [7, 11) is 0. The van der Waals surface area contributed by atoms with Crippen molar-refractivity contribution in [3.63, 3.8) is 0 Å². The van der Waals surface area contributed by atoms with Crippen molar-refractivity contribution in [2.75, 3.05) is 29.0 Å². The largest absolute Gasteiger partial charge is 0.365 e. The van der Waals surface area contributed by atoms with E-state index in [4.69, 9.17) is 22.0 Å². The molecule has 16 heteroatoms. The van der Waals surface area contributed by atoms with Gasteiger partial charge in [0.25, 0.3) is 11.8 Å². The van der Waals surface area contributed by atoms with Crippen LogP contribution in [0.1, 0.15) is 43.0 Å². The third kappa shape index (κ3) is 8.81. The maximum absolute atomic E-state index is 11.8. The molecule has 6 rings (SSSR count). The molecule has 0 spiro atoms. The molecule has 0 bridgehead atoms. The lowest BCUT2D eigenvalue weighted by Crippen LogP contribution is -2.18. The summed E-state index contributed by atoms with van der Waals surface area (Å²) in [4.78, 5) is 46.9. The number of hydrogen-bond donors (Lipinski definition) is 6. The number of aryl methyl sites for hydroxylation is 4. The van der Waals surface area contributed by atoms with E-state index in [1.807, 2.05) is 82.3 Å². The molecule has 0 saturated carbocycles. The molecule has 9 N–H and O–H groups in total. The van der Waals surface area contributed by atoms with Gasteiger partial charge in [0.05, 0.1) is 0 Å². The molecule has 6 aromatic rings. The number of aromatic nitrogens is 7. The van der Waals surface area contributed by atoms with Gasteiger partial charge < -0.3 is 38.0 Å². The van der Waals surface area contributed by atoms with E-state index in [2.05, 4.69) is 52.3 Å². The summed E-state index contributed by atoms with van der Waals surface area (Å²) in [6, 6.07) is 19.2. The van der Waals surface area contributed by atoms with Gasteiger partial charge in [0.2, 0.25) is 5.95 Å². The van der Waals surface area contributed by atoms with Crippen LogP contribution in [-0.2, 0) is 0 Å². The van der Waals surface area contributed by atoms with Crippen LogP contribution in [0.15, 0.2) is 73.1 Å². The quantitative estimate of drug-likeness (QED) is 0.115. The van der Waals surface area contributed by atoms with Crippen molar-refractivity contribution in [2.45, 2.75) is 27.7 Å². The van der Waals surface area contributed by atoms with E-state index in [0.717, 1.165) is 33.6 Å². The maximum Gasteiger partial charge on any atom is 0.347 e. The summed E-state index contributed by atoms with van der Waals surface area (Å²) < 4.78 is 0. The molecule has 0 atom stereocenters. The minimum Gasteiger partial charge on any atom is -0.365 e. The van der Waals surface area contributed by atoms with Crippen molar-refractivity contribution in [3.05, 3.63) is 106 Å². The van der Waals surface area contributed by atoms with Crippen molar-refractivity contribution >= 4 is 51.8 Å². The van der Waals surface area contributed by atoms with Gasteiger partial charge in [-0.15, -0.1) is 5.10 Å². The highest BCUT2D eigenvalue weighted by molar-refractivity contribution is 5.98. The highest BCUT2D eigenvalue weighted by Gasteiger charge is 2.16. The summed E-state index contributed by atoms with van der Waals surface area (Å²) >= 11 is 0. The molecule has 0 saturated heterocycles. The van der Waals surface area contributed by atoms with E-state index in [-0.39, 0.29) is 23.0 Å². The van der Waals surface area contributed by atoms with Gasteiger partial charge in [0, 0.05) is 36.9 Å². The molecule has 3 heterocycles. The zero-order valence-electron chi connectivity index (χ0n) is 27.9. The Balaban J connectivity index is 0.000000201. The molecule has 0 aliphatic rings. The SMILES string of the molecule is Cc1cc(C)cc(Nc2nc(NCCN)ncc2C(N)=O)c1.Cc1cc(C)cc(Nc2nc(On3nnc4ccccc43)ncc2C(N)=O)c1. The first-order valence-corrected chi connectivity index (χ1v) is 15.5. The zero-order valence-corrected chi connectivity index (χ0v) is 27.9. The number of benzene rings is 3. The van der Waals surface area contributed by atoms with E-state index in [0.29, 0.717) is 35.9 Å². The number of nitrogens with two attached hydrogens (primary N) is 3. The number of rotatable bonds is 11. The number of primary amides is 2. The van der Waals surface area contributed by atoms with Crippen LogP contribution in [0.3, 0.4) is 0 Å². The fourth-order valence-corrected chi connectivity index (χ4v) is 4.97. The van der Waals surface area contributed by atoms with Crippen molar-refractivity contribution in [1.82, 2.24) is 35.1 Å². The minimum atomic E-state index is -0.648. The van der Waals surface area contributed by atoms with Gasteiger partial charge >= 0.3 is 6.01 Å². The Bertz CT molecular complexity index is 2130. The third-order valence-electron chi connectivity index (χ3n) is 6.97. The molecule has 256 valence electrons. The van der Waals surface area contributed by atoms with Crippen molar-refractivity contribution in [3.8, 4) is 6.01 Å². The zero-order chi connectivity index (χ0) is 35.8. The number of carbonyl (C=O) groups excluding carboxylic acids is 2. The maximum atomic E-state index is 11.8. The average molecular weight is 676 g/mol. The number of anilines is 5. The van der Waals surface area contributed by atoms with E-state index < -0.39 is 11.8 Å². The van der Waals surface area contributed by atoms with E-state index in [1.165, 1.54) is 17.2 Å². The van der Waals surface area contributed by atoms with Crippen LogP contribution >= 0.6 is 0 Å². The predicted octanol–water partition coefficient (Wildman–Crippen LogP) is 3.83. The number of para-hydroxylation sites is 1. The second-order valence-electron chi connectivity index (χ2n) is 11.4. The lowest BCUT2D eigenvalue weighted by Gasteiger charge is -2.12. The molecule has 16 nitrogen and oxygen atoms in total. The van der Waals surface area contributed by atoms with Crippen LogP contribution in [0.25, 0.3) is 11.0 Å². The van der Waals surface area contributed by atoms with E-state index in [9.17, 15) is 9.59 Å². The molecule has 0 aliphatic carbocycles. The first-order chi connectivity index (χ1) is 24.0. The fourth-order valence-electron chi connectivity index (χ4n) is 4.97. The van der Waals surface area contributed by atoms with Crippen molar-refractivity contribution in [1.29, 1.82) is 0 Å². The molecule has 3 aromatic heterocycles. The number of nitrogens with zero attached hydrogens (tertiary/aromatic N) is 7. The Morgan fingerprint density at radius 3 is 1.86 bits per heavy atom. The molecule has 2 amide bonds. The number of carbonyl (C=O) groups is 2. The molecular formula is C34H37N13O3. The van der Waals surface area contributed by atoms with Gasteiger partial charge in [-0.2, -0.15) is 9.97 Å². The first-order valence-electron chi connectivity index (χ1n) is 15.5. The topological polar surface area (TPSA) is 240 Å². The third-order valence-corrected chi connectivity index (χ3v) is 6.97. The van der Waals surface area contributed by atoms with Crippen LogP contribution in [0, 0.1) is 27.7 Å². The normalized spacial score (nSPS) is 10.6. The van der Waals surface area contributed by atoms with Gasteiger partial charge in [-0.25, -0.2) is 9.97 Å². The van der Waals surface area contributed by atoms with Crippen molar-refractivity contribution < 1.29 is 14.4 Å². The number of hydrogen-bond acceptors (Lipinski definition) is 13. The minimum absolute atomic E-state index is 0.00692. The summed E-state index contributed by atoms with van der Waals surface area (Å²) in [6.45, 7) is 8.97. The number of nitrogens with one attached hydrogen (secondary N) is 3. The van der Waals surface area contributed by atoms with E-state index >= 15 is 0 Å². The molecular weight excluding hydrogens is 638 g/mol. The highest BCUT2D eigenvalue weighted by atomic mass is 16.7. The van der Waals surface area contributed by atoms with Gasteiger partial charge in [-0.1, -0.05) is 29.1 Å². The Morgan fingerprint density at radius 1 is 0.760 bits per heavy atom. The number of amides is 2. The fraction of sp³-hybridized carbons (Fsp3) is 0.176. The molecule has 50 heavy (non-hydrogen) atoms. The standard InChI is InChI=1S/C19H17N7O2.C15H20N6O/c1-11-7-12(2)9-13(8-11)22-18-14(17(20)27)10-21-19(23-18)28-26-16-6-4-3-5-15(16)24-25-26;1-9-5-10(2)7-11(6-9)20-14-12(13(17)22)8-19-15(21-14)18-4-3-16/h3-10H,1-2H3,(H2,20,27)(H,21,22,23);5-8H,3-4,16H2,1-2H3,(H2,17,22)(H2,18,19,20,21). The van der Waals surface area contributed by atoms with E-state index in [1.54, 1.807) is 0 Å². The van der Waals surface area contributed by atoms with Crippen LogP contribution < -0.4 is 38.0 Å². The molecule has 0 unspecified atom stereocenters. The summed E-state index contributed by atoms with van der Waals surface area (Å²) in [5.74, 6) is -0.233. The summed E-state index contributed by atoms with van der Waals surface area (Å²) in [6.07, 6.45) is 2.72. The van der Waals surface area contributed by atoms with Gasteiger partial charge in [-0.05, 0) is 91.6 Å². The Morgan fingerprint density at radius 2 is 1.30 bits per heavy atom. The van der Waals surface area contributed by atoms with Gasteiger partial charge in [0.15, 0.2) is 5.82 Å². The Labute approximate surface area is 287 Å².